The number of sulfonamides is 1. The minimum absolute atomic E-state index is 0.00156. The molecule has 0 radical (unpaired) electrons. The van der Waals surface area contributed by atoms with Crippen molar-refractivity contribution in [1.82, 2.24) is 0 Å². The fourth-order valence-corrected chi connectivity index (χ4v) is 4.46. The molecule has 0 heterocycles. The van der Waals surface area contributed by atoms with E-state index in [1.165, 1.54) is 23.5 Å². The van der Waals surface area contributed by atoms with Gasteiger partial charge in [-0.25, -0.2) is 12.8 Å². The summed E-state index contributed by atoms with van der Waals surface area (Å²) in [5, 5.41) is 0. The monoisotopic (exact) mass is 385 g/mol. The average molecular weight is 385 g/mol. The molecule has 4 nitrogen and oxygen atoms in total. The number of para-hydroxylation sites is 1. The van der Waals surface area contributed by atoms with Gasteiger partial charge >= 0.3 is 0 Å². The van der Waals surface area contributed by atoms with Gasteiger partial charge in [0.15, 0.2) is 11.6 Å². The van der Waals surface area contributed by atoms with E-state index in [0.717, 1.165) is 17.2 Å². The van der Waals surface area contributed by atoms with Crippen LogP contribution in [0.4, 0.5) is 10.1 Å². The van der Waals surface area contributed by atoms with Crippen LogP contribution in [0.5, 0.6) is 5.75 Å². The maximum Gasteiger partial charge on any atom is 0.264 e. The predicted octanol–water partition coefficient (Wildman–Crippen LogP) is 4.72. The van der Waals surface area contributed by atoms with Crippen LogP contribution in [0, 0.1) is 5.82 Å². The number of hydrogen-bond donors (Lipinski definition) is 0. The summed E-state index contributed by atoms with van der Waals surface area (Å²) in [4.78, 5) is -0.120. The molecule has 6 heteroatoms. The fraction of sp³-hybridized carbons (Fsp3) is 0.143. The lowest BCUT2D eigenvalue weighted by atomic mass is 10.0. The average Bonchev–Trinajstić information content (AvgIpc) is 2.69. The molecule has 0 aromatic heterocycles. The van der Waals surface area contributed by atoms with Crippen molar-refractivity contribution in [3.05, 3.63) is 78.6 Å². The van der Waals surface area contributed by atoms with E-state index < -0.39 is 15.8 Å². The quantitative estimate of drug-likeness (QED) is 0.617. The molecule has 0 aliphatic rings. The van der Waals surface area contributed by atoms with Crippen molar-refractivity contribution in [2.24, 2.45) is 0 Å². The highest BCUT2D eigenvalue weighted by molar-refractivity contribution is 7.92. The van der Waals surface area contributed by atoms with Gasteiger partial charge in [-0.15, -0.1) is 0 Å². The van der Waals surface area contributed by atoms with Gasteiger partial charge in [0.1, 0.15) is 0 Å². The molecule has 0 unspecified atom stereocenters. The molecule has 0 saturated carbocycles. The second-order valence-corrected chi connectivity index (χ2v) is 7.71. The van der Waals surface area contributed by atoms with Gasteiger partial charge in [0, 0.05) is 12.1 Å². The van der Waals surface area contributed by atoms with Gasteiger partial charge in [-0.1, -0.05) is 48.5 Å². The van der Waals surface area contributed by atoms with Crippen LogP contribution in [-0.2, 0) is 10.0 Å². The molecule has 0 N–H and O–H groups in total. The molecule has 0 aliphatic carbocycles. The summed E-state index contributed by atoms with van der Waals surface area (Å²) in [5.74, 6) is -0.715. The van der Waals surface area contributed by atoms with Gasteiger partial charge in [-0.2, -0.15) is 0 Å². The summed E-state index contributed by atoms with van der Waals surface area (Å²) in [5.41, 5.74) is 2.24. The Kier molecular flexibility index (Phi) is 5.46. The Labute approximate surface area is 158 Å². The van der Waals surface area contributed by atoms with Crippen LogP contribution in [0.3, 0.4) is 0 Å². The van der Waals surface area contributed by atoms with Crippen LogP contribution in [0.2, 0.25) is 0 Å². The van der Waals surface area contributed by atoms with Crippen LogP contribution in [-0.4, -0.2) is 22.1 Å². The van der Waals surface area contributed by atoms with E-state index in [4.69, 9.17) is 4.74 Å². The van der Waals surface area contributed by atoms with E-state index in [1.54, 1.807) is 19.1 Å². The summed E-state index contributed by atoms with van der Waals surface area (Å²) >= 11 is 0. The van der Waals surface area contributed by atoms with Gasteiger partial charge in [0.05, 0.1) is 17.7 Å². The number of benzene rings is 3. The zero-order chi connectivity index (χ0) is 19.4. The van der Waals surface area contributed by atoms with Crippen molar-refractivity contribution in [2.75, 3.05) is 18.0 Å². The Morgan fingerprint density at radius 2 is 1.63 bits per heavy atom. The zero-order valence-electron chi connectivity index (χ0n) is 15.1. The molecular formula is C21H20FNO3S. The lowest BCUT2D eigenvalue weighted by Gasteiger charge is -2.25. The number of hydrogen-bond acceptors (Lipinski definition) is 3. The first kappa shape index (κ1) is 18.9. The van der Waals surface area contributed by atoms with Crippen molar-refractivity contribution in [3.63, 3.8) is 0 Å². The lowest BCUT2D eigenvalue weighted by molar-refractivity contribution is 0.385. The molecule has 0 fully saturated rings. The molecule has 0 aliphatic heterocycles. The van der Waals surface area contributed by atoms with E-state index in [-0.39, 0.29) is 17.2 Å². The Morgan fingerprint density at radius 3 is 2.26 bits per heavy atom. The topological polar surface area (TPSA) is 46.6 Å². The number of nitrogens with zero attached hydrogens (tertiary/aromatic N) is 1. The Hall–Kier alpha value is -2.86. The summed E-state index contributed by atoms with van der Waals surface area (Å²) < 4.78 is 46.7. The van der Waals surface area contributed by atoms with E-state index in [2.05, 4.69) is 0 Å². The fourth-order valence-electron chi connectivity index (χ4n) is 2.96. The molecule has 27 heavy (non-hydrogen) atoms. The van der Waals surface area contributed by atoms with Crippen LogP contribution in [0.1, 0.15) is 6.92 Å². The summed E-state index contributed by atoms with van der Waals surface area (Å²) in [6.45, 7) is 1.96. The summed E-state index contributed by atoms with van der Waals surface area (Å²) in [6.07, 6.45) is 0. The molecule has 0 spiro atoms. The lowest BCUT2D eigenvalue weighted by Crippen LogP contribution is -2.31. The van der Waals surface area contributed by atoms with Crippen LogP contribution in [0.25, 0.3) is 11.1 Å². The first-order chi connectivity index (χ1) is 13.0. The van der Waals surface area contributed by atoms with E-state index in [0.29, 0.717) is 5.69 Å². The van der Waals surface area contributed by atoms with Gasteiger partial charge < -0.3 is 4.74 Å². The van der Waals surface area contributed by atoms with Gasteiger partial charge in [0.25, 0.3) is 10.0 Å². The molecule has 3 aromatic carbocycles. The van der Waals surface area contributed by atoms with Crippen molar-refractivity contribution < 1.29 is 17.5 Å². The SMILES string of the molecule is CCN(c1ccccc1-c1ccccc1)S(=O)(=O)c1ccc(OC)c(F)c1. The molecule has 3 rings (SSSR count). The van der Waals surface area contributed by atoms with E-state index in [9.17, 15) is 12.8 Å². The van der Waals surface area contributed by atoms with Crippen molar-refractivity contribution in [3.8, 4) is 16.9 Å². The number of halogens is 1. The zero-order valence-corrected chi connectivity index (χ0v) is 15.9. The Bertz CT molecular complexity index is 1040. The standard InChI is InChI=1S/C21H20FNO3S/c1-3-23(27(24,25)17-13-14-21(26-2)19(22)15-17)20-12-8-7-11-18(20)16-9-5-4-6-10-16/h4-15H,3H2,1-2H3. The first-order valence-electron chi connectivity index (χ1n) is 8.49. The van der Waals surface area contributed by atoms with E-state index >= 15 is 0 Å². The first-order valence-corrected chi connectivity index (χ1v) is 9.93. The number of methoxy groups -OCH3 is 1. The molecular weight excluding hydrogens is 365 g/mol. The molecule has 3 aromatic rings. The minimum atomic E-state index is -3.94. The van der Waals surface area contributed by atoms with Gasteiger partial charge in [0.2, 0.25) is 0 Å². The third-order valence-electron chi connectivity index (χ3n) is 4.26. The highest BCUT2D eigenvalue weighted by Gasteiger charge is 2.26. The Balaban J connectivity index is 2.12. The summed E-state index contributed by atoms with van der Waals surface area (Å²) in [6, 6.07) is 20.5. The maximum absolute atomic E-state index is 14.1. The van der Waals surface area contributed by atoms with Gasteiger partial charge in [-0.05, 0) is 36.8 Å². The third kappa shape index (κ3) is 3.66. The number of rotatable bonds is 6. The molecule has 0 amide bonds. The van der Waals surface area contributed by atoms with E-state index in [1.807, 2.05) is 42.5 Å². The molecule has 0 saturated heterocycles. The van der Waals surface area contributed by atoms with Gasteiger partial charge in [-0.3, -0.25) is 4.31 Å². The van der Waals surface area contributed by atoms with Crippen LogP contribution in [0.15, 0.2) is 77.7 Å². The maximum atomic E-state index is 14.1. The minimum Gasteiger partial charge on any atom is -0.494 e. The second kappa shape index (κ2) is 7.80. The van der Waals surface area contributed by atoms with Crippen molar-refractivity contribution >= 4 is 15.7 Å². The smallest absolute Gasteiger partial charge is 0.264 e. The molecule has 140 valence electrons. The van der Waals surface area contributed by atoms with Crippen molar-refractivity contribution in [1.29, 1.82) is 0 Å². The summed E-state index contributed by atoms with van der Waals surface area (Å²) in [7, 11) is -2.61. The highest BCUT2D eigenvalue weighted by Crippen LogP contribution is 2.34. The normalized spacial score (nSPS) is 11.2. The largest absolute Gasteiger partial charge is 0.494 e. The van der Waals surface area contributed by atoms with Crippen LogP contribution < -0.4 is 9.04 Å². The number of anilines is 1. The highest BCUT2D eigenvalue weighted by atomic mass is 32.2. The predicted molar refractivity (Wildman–Crippen MR) is 105 cm³/mol. The van der Waals surface area contributed by atoms with Crippen molar-refractivity contribution in [2.45, 2.75) is 11.8 Å². The molecule has 0 atom stereocenters. The number of ether oxygens (including phenoxy) is 1. The van der Waals surface area contributed by atoms with Crippen LogP contribution >= 0.6 is 0 Å². The third-order valence-corrected chi connectivity index (χ3v) is 6.14. The Morgan fingerprint density at radius 1 is 0.963 bits per heavy atom. The second-order valence-electron chi connectivity index (χ2n) is 5.85. The molecule has 0 bridgehead atoms.